The Morgan fingerprint density at radius 2 is 2.30 bits per heavy atom. The van der Waals surface area contributed by atoms with Gasteiger partial charge in [0, 0.05) is 5.22 Å². The molecule has 0 unspecified atom stereocenters. The summed E-state index contributed by atoms with van der Waals surface area (Å²) in [4.78, 5) is 7.87. The summed E-state index contributed by atoms with van der Waals surface area (Å²) >= 11 is 0. The second-order valence-electron chi connectivity index (χ2n) is 2.14. The molecule has 0 amide bonds. The summed E-state index contributed by atoms with van der Waals surface area (Å²) in [7, 11) is 0. The molecule has 2 heterocycles. The third-order valence-corrected chi connectivity index (χ3v) is 1.50. The fourth-order valence-electron chi connectivity index (χ4n) is 1.02. The fourth-order valence-corrected chi connectivity index (χ4v) is 1.02. The zero-order valence-corrected chi connectivity index (χ0v) is 5.28. The number of hydrogen-bond acceptors (Lipinski definition) is 3. The van der Waals surface area contributed by atoms with E-state index in [1.807, 2.05) is 6.08 Å². The van der Waals surface area contributed by atoms with Gasteiger partial charge in [0.15, 0.2) is 0 Å². The minimum Gasteiger partial charge on any atom is -0.506 e. The molecule has 50 valence electrons. The highest BCUT2D eigenvalue weighted by Gasteiger charge is 1.98. The molecule has 0 bridgehead atoms. The average Bonchev–Trinajstić information content (AvgIpc) is 2.36. The minimum atomic E-state index is 0.221. The molecular formula is C7H6N2O. The largest absolute Gasteiger partial charge is 0.506 e. The third-order valence-electron chi connectivity index (χ3n) is 1.50. The Morgan fingerprint density at radius 3 is 3.10 bits per heavy atom. The first-order valence-electron chi connectivity index (χ1n) is 3.05. The van der Waals surface area contributed by atoms with E-state index in [9.17, 15) is 5.11 Å². The van der Waals surface area contributed by atoms with Crippen molar-refractivity contribution >= 4 is 6.08 Å². The topological polar surface area (TPSA) is 45.5 Å². The lowest BCUT2D eigenvalue weighted by Crippen LogP contribution is -2.21. The molecule has 1 aliphatic rings. The first kappa shape index (κ1) is 5.41. The van der Waals surface area contributed by atoms with Crippen LogP contribution in [0.2, 0.25) is 0 Å². The Balaban J connectivity index is 2.97. The van der Waals surface area contributed by atoms with Crippen LogP contribution in [0.25, 0.3) is 6.08 Å². The maximum Gasteiger partial charge on any atom is 0.142 e. The van der Waals surface area contributed by atoms with Crippen LogP contribution in [0.3, 0.4) is 0 Å². The van der Waals surface area contributed by atoms with E-state index in [1.165, 1.54) is 6.20 Å². The van der Waals surface area contributed by atoms with Crippen LogP contribution in [0.5, 0.6) is 5.75 Å². The Kier molecular flexibility index (Phi) is 0.974. The molecule has 0 fully saturated rings. The molecule has 0 radical (unpaired) electrons. The van der Waals surface area contributed by atoms with Gasteiger partial charge in [0.05, 0.1) is 24.3 Å². The van der Waals surface area contributed by atoms with Crippen molar-refractivity contribution in [1.82, 2.24) is 4.98 Å². The summed E-state index contributed by atoms with van der Waals surface area (Å²) in [5, 5.41) is 10.8. The van der Waals surface area contributed by atoms with Crippen molar-refractivity contribution < 1.29 is 5.11 Å². The molecule has 1 aromatic rings. The molecule has 1 N–H and O–H groups in total. The van der Waals surface area contributed by atoms with Crippen molar-refractivity contribution in [3.63, 3.8) is 0 Å². The van der Waals surface area contributed by atoms with Crippen LogP contribution in [-0.4, -0.2) is 16.6 Å². The van der Waals surface area contributed by atoms with Gasteiger partial charge >= 0.3 is 0 Å². The quantitative estimate of drug-likeness (QED) is 0.505. The van der Waals surface area contributed by atoms with Gasteiger partial charge in [-0.2, -0.15) is 0 Å². The Bertz CT molecular complexity index is 370. The van der Waals surface area contributed by atoms with E-state index >= 15 is 0 Å². The van der Waals surface area contributed by atoms with E-state index in [2.05, 4.69) is 9.98 Å². The first-order chi connectivity index (χ1) is 4.88. The van der Waals surface area contributed by atoms with Gasteiger partial charge in [0.1, 0.15) is 5.75 Å². The molecule has 10 heavy (non-hydrogen) atoms. The summed E-state index contributed by atoms with van der Waals surface area (Å²) in [5.41, 5.74) is 0. The lowest BCUT2D eigenvalue weighted by atomic mass is 10.3. The Morgan fingerprint density at radius 1 is 1.40 bits per heavy atom. The second kappa shape index (κ2) is 1.80. The first-order valence-corrected chi connectivity index (χ1v) is 3.05. The summed E-state index contributed by atoms with van der Waals surface area (Å²) < 4.78 is 0. The lowest BCUT2D eigenvalue weighted by molar-refractivity contribution is 0.467. The highest BCUT2D eigenvalue weighted by atomic mass is 16.3. The molecule has 0 atom stereocenters. The van der Waals surface area contributed by atoms with Crippen LogP contribution in [0.1, 0.15) is 0 Å². The summed E-state index contributed by atoms with van der Waals surface area (Å²) in [5.74, 6) is 0.221. The number of aromatic hydroxyl groups is 1. The van der Waals surface area contributed by atoms with Crippen LogP contribution in [-0.2, 0) is 0 Å². The maximum absolute atomic E-state index is 9.18. The predicted molar refractivity (Wildman–Crippen MR) is 36.0 cm³/mol. The SMILES string of the molecule is Oc1cncc2c1=CCN=2. The normalized spacial score (nSPS) is 13.6. The number of aromatic nitrogens is 1. The van der Waals surface area contributed by atoms with Crippen LogP contribution in [0.4, 0.5) is 0 Å². The van der Waals surface area contributed by atoms with Gasteiger partial charge in [-0.3, -0.25) is 9.98 Å². The van der Waals surface area contributed by atoms with E-state index in [1.54, 1.807) is 6.20 Å². The average molecular weight is 134 g/mol. The van der Waals surface area contributed by atoms with Gasteiger partial charge in [-0.25, -0.2) is 0 Å². The highest BCUT2D eigenvalue weighted by molar-refractivity contribution is 5.35. The monoisotopic (exact) mass is 134 g/mol. The summed E-state index contributed by atoms with van der Waals surface area (Å²) in [6.07, 6.45) is 4.96. The Labute approximate surface area is 57.4 Å². The summed E-state index contributed by atoms with van der Waals surface area (Å²) in [6.45, 7) is 0.661. The van der Waals surface area contributed by atoms with Gasteiger partial charge in [0.2, 0.25) is 0 Å². The van der Waals surface area contributed by atoms with Gasteiger partial charge in [-0.15, -0.1) is 0 Å². The number of rotatable bonds is 0. The second-order valence-corrected chi connectivity index (χ2v) is 2.14. The molecule has 3 heteroatoms. The van der Waals surface area contributed by atoms with E-state index in [4.69, 9.17) is 0 Å². The molecule has 2 rings (SSSR count). The molecule has 0 saturated carbocycles. The smallest absolute Gasteiger partial charge is 0.142 e. The van der Waals surface area contributed by atoms with Crippen LogP contribution in [0.15, 0.2) is 17.4 Å². The molecule has 0 aliphatic carbocycles. The summed E-state index contributed by atoms with van der Waals surface area (Å²) in [6, 6.07) is 0. The standard InChI is InChI=1S/C7H6N2O/c10-7-4-8-3-6-5(7)1-2-9-6/h1,3-4,10H,2H2. The number of nitrogens with zero attached hydrogens (tertiary/aromatic N) is 2. The van der Waals surface area contributed by atoms with Crippen molar-refractivity contribution in [1.29, 1.82) is 0 Å². The Hall–Kier alpha value is -1.38. The molecule has 1 aliphatic heterocycles. The zero-order valence-electron chi connectivity index (χ0n) is 5.28. The lowest BCUT2D eigenvalue weighted by Gasteiger charge is -1.86. The van der Waals surface area contributed by atoms with Gasteiger partial charge in [0.25, 0.3) is 0 Å². The van der Waals surface area contributed by atoms with Gasteiger partial charge < -0.3 is 5.11 Å². The highest BCUT2D eigenvalue weighted by Crippen LogP contribution is 1.93. The van der Waals surface area contributed by atoms with Crippen LogP contribution in [0, 0.1) is 0 Å². The minimum absolute atomic E-state index is 0.221. The molecule has 0 saturated heterocycles. The van der Waals surface area contributed by atoms with Crippen LogP contribution < -0.4 is 10.6 Å². The maximum atomic E-state index is 9.18. The van der Waals surface area contributed by atoms with E-state index < -0.39 is 0 Å². The zero-order chi connectivity index (χ0) is 6.97. The van der Waals surface area contributed by atoms with Crippen LogP contribution >= 0.6 is 0 Å². The number of hydrogen-bond donors (Lipinski definition) is 1. The fraction of sp³-hybridized carbons (Fsp3) is 0.143. The van der Waals surface area contributed by atoms with Crippen molar-refractivity contribution in [3.05, 3.63) is 23.0 Å². The van der Waals surface area contributed by atoms with Crippen molar-refractivity contribution in [2.24, 2.45) is 4.99 Å². The van der Waals surface area contributed by atoms with Crippen molar-refractivity contribution in [3.8, 4) is 5.75 Å². The van der Waals surface area contributed by atoms with Crippen molar-refractivity contribution in [2.45, 2.75) is 0 Å². The van der Waals surface area contributed by atoms with Crippen molar-refractivity contribution in [2.75, 3.05) is 6.54 Å². The molecule has 3 nitrogen and oxygen atoms in total. The molecular weight excluding hydrogens is 128 g/mol. The third kappa shape index (κ3) is 0.603. The number of pyridine rings is 1. The predicted octanol–water partition coefficient (Wildman–Crippen LogP) is -0.799. The molecule has 0 aromatic carbocycles. The number of fused-ring (bicyclic) bond motifs is 1. The molecule has 1 aromatic heterocycles. The molecule has 0 spiro atoms. The van der Waals surface area contributed by atoms with E-state index in [0.29, 0.717) is 6.54 Å². The van der Waals surface area contributed by atoms with Gasteiger partial charge in [-0.05, 0) is 6.08 Å². The van der Waals surface area contributed by atoms with Gasteiger partial charge in [-0.1, -0.05) is 0 Å². The van der Waals surface area contributed by atoms with E-state index in [-0.39, 0.29) is 5.75 Å². The van der Waals surface area contributed by atoms with E-state index in [0.717, 1.165) is 10.6 Å².